The Morgan fingerprint density at radius 1 is 1.32 bits per heavy atom. The van der Waals surface area contributed by atoms with E-state index in [4.69, 9.17) is 4.74 Å². The number of methoxy groups -OCH3 is 1. The molecule has 0 saturated carbocycles. The molecule has 0 aromatic heterocycles. The van der Waals surface area contributed by atoms with Crippen LogP contribution in [0.15, 0.2) is 36.5 Å². The van der Waals surface area contributed by atoms with E-state index in [9.17, 15) is 9.59 Å². The fraction of sp³-hybridized carbons (Fsp3) is 0.636. The van der Waals surface area contributed by atoms with Crippen LogP contribution in [0.1, 0.15) is 53.4 Å². The van der Waals surface area contributed by atoms with E-state index in [0.29, 0.717) is 13.0 Å². The van der Waals surface area contributed by atoms with E-state index >= 15 is 0 Å². The number of nitrogens with one attached hydrogen (secondary N) is 2. The highest BCUT2D eigenvalue weighted by Crippen LogP contribution is 2.24. The summed E-state index contributed by atoms with van der Waals surface area (Å²) < 4.78 is 10.1. The standard InChI is InChI=1S/C22H36N2O4/c1-7-9-10-11-12-13-16(8-2)14-17(18-15-28-18)23-20(25)19(22(3,4)5)24-21(26)27-6/h8,11-13,17-19H,2,7,9-10,14-15H2,1,3-6H3,(H,23,25)(H,24,26). The van der Waals surface area contributed by atoms with Crippen LogP contribution in [-0.2, 0) is 14.3 Å². The summed E-state index contributed by atoms with van der Waals surface area (Å²) in [6, 6.07) is -0.892. The van der Waals surface area contributed by atoms with E-state index in [0.717, 1.165) is 12.0 Å². The molecule has 0 aromatic rings. The summed E-state index contributed by atoms with van der Waals surface area (Å²) in [5.41, 5.74) is 0.564. The van der Waals surface area contributed by atoms with E-state index < -0.39 is 17.6 Å². The summed E-state index contributed by atoms with van der Waals surface area (Å²) in [5, 5.41) is 5.68. The molecule has 28 heavy (non-hydrogen) atoms. The maximum Gasteiger partial charge on any atom is 0.407 e. The highest BCUT2D eigenvalue weighted by Gasteiger charge is 2.38. The van der Waals surface area contributed by atoms with Gasteiger partial charge in [0, 0.05) is 0 Å². The van der Waals surface area contributed by atoms with Crippen LogP contribution in [0, 0.1) is 5.41 Å². The fourth-order valence-electron chi connectivity index (χ4n) is 2.76. The molecule has 0 aromatic carbocycles. The first kappa shape index (κ1) is 24.0. The largest absolute Gasteiger partial charge is 0.453 e. The maximum atomic E-state index is 12.9. The third-order valence-corrected chi connectivity index (χ3v) is 4.60. The molecule has 0 radical (unpaired) electrons. The van der Waals surface area contributed by atoms with Gasteiger partial charge in [-0.05, 0) is 23.8 Å². The lowest BCUT2D eigenvalue weighted by Crippen LogP contribution is -2.56. The number of carbonyl (C=O) groups excluding carboxylic acids is 2. The van der Waals surface area contributed by atoms with Gasteiger partial charge in [0.2, 0.25) is 5.91 Å². The van der Waals surface area contributed by atoms with Crippen molar-refractivity contribution >= 4 is 12.0 Å². The van der Waals surface area contributed by atoms with Crippen LogP contribution in [-0.4, -0.2) is 43.9 Å². The maximum absolute atomic E-state index is 12.9. The molecule has 1 aliphatic heterocycles. The molecule has 2 N–H and O–H groups in total. The Hall–Kier alpha value is -2.08. The molecule has 3 unspecified atom stereocenters. The van der Waals surface area contributed by atoms with Gasteiger partial charge in [0.1, 0.15) is 12.1 Å². The molecule has 2 amide bonds. The van der Waals surface area contributed by atoms with Gasteiger partial charge in [-0.2, -0.15) is 0 Å². The van der Waals surface area contributed by atoms with Gasteiger partial charge in [-0.15, -0.1) is 0 Å². The van der Waals surface area contributed by atoms with Crippen molar-refractivity contribution in [2.45, 2.75) is 71.6 Å². The number of unbranched alkanes of at least 4 members (excludes halogenated alkanes) is 2. The molecule has 1 aliphatic rings. The van der Waals surface area contributed by atoms with Crippen LogP contribution in [0.5, 0.6) is 0 Å². The number of ether oxygens (including phenoxy) is 2. The predicted molar refractivity (Wildman–Crippen MR) is 112 cm³/mol. The minimum Gasteiger partial charge on any atom is -0.453 e. The number of epoxide rings is 1. The van der Waals surface area contributed by atoms with Gasteiger partial charge in [0.25, 0.3) is 0 Å². The zero-order valence-electron chi connectivity index (χ0n) is 17.9. The summed E-state index contributed by atoms with van der Waals surface area (Å²) in [6.07, 6.45) is 11.4. The zero-order valence-corrected chi connectivity index (χ0v) is 17.9. The van der Waals surface area contributed by atoms with Crippen molar-refractivity contribution in [3.05, 3.63) is 36.5 Å². The molecule has 1 heterocycles. The number of carbonyl (C=O) groups is 2. The molecule has 158 valence electrons. The summed E-state index contributed by atoms with van der Waals surface area (Å²) in [5.74, 6) is -0.250. The lowest BCUT2D eigenvalue weighted by atomic mass is 9.86. The molecular formula is C22H36N2O4. The molecule has 6 nitrogen and oxygen atoms in total. The third kappa shape index (κ3) is 8.74. The van der Waals surface area contributed by atoms with Crippen LogP contribution in [0.3, 0.4) is 0 Å². The summed E-state index contributed by atoms with van der Waals surface area (Å²) >= 11 is 0. The molecule has 1 rings (SSSR count). The molecular weight excluding hydrogens is 356 g/mol. The zero-order chi connectivity index (χ0) is 21.2. The molecule has 0 spiro atoms. The van der Waals surface area contributed by atoms with Crippen LogP contribution in [0.25, 0.3) is 0 Å². The minimum atomic E-state index is -0.716. The van der Waals surface area contributed by atoms with Crippen LogP contribution in [0.4, 0.5) is 4.79 Å². The number of amides is 2. The van der Waals surface area contributed by atoms with Crippen molar-refractivity contribution < 1.29 is 19.1 Å². The number of hydrogen-bond acceptors (Lipinski definition) is 4. The van der Waals surface area contributed by atoms with E-state index in [-0.39, 0.29) is 18.1 Å². The van der Waals surface area contributed by atoms with Gasteiger partial charge in [-0.25, -0.2) is 4.79 Å². The Morgan fingerprint density at radius 3 is 2.50 bits per heavy atom. The number of rotatable bonds is 11. The number of hydrogen-bond donors (Lipinski definition) is 2. The molecule has 1 saturated heterocycles. The first-order valence-electron chi connectivity index (χ1n) is 9.97. The lowest BCUT2D eigenvalue weighted by molar-refractivity contribution is -0.126. The SMILES string of the molecule is C=CC(=CC=CCCCC)CC(NC(=O)C(NC(=O)OC)C(C)(C)C)C1CO1. The van der Waals surface area contributed by atoms with Gasteiger partial charge in [0.15, 0.2) is 0 Å². The smallest absolute Gasteiger partial charge is 0.407 e. The quantitative estimate of drug-likeness (QED) is 0.318. The second-order valence-electron chi connectivity index (χ2n) is 8.14. The van der Waals surface area contributed by atoms with E-state index in [2.05, 4.69) is 34.9 Å². The van der Waals surface area contributed by atoms with Crippen LogP contribution in [0.2, 0.25) is 0 Å². The minimum absolute atomic E-state index is 0.0184. The average Bonchev–Trinajstić information content (AvgIpc) is 3.47. The normalized spacial score (nSPS) is 19.0. The van der Waals surface area contributed by atoms with Gasteiger partial charge in [-0.3, -0.25) is 4.79 Å². The molecule has 6 heteroatoms. The fourth-order valence-corrected chi connectivity index (χ4v) is 2.76. The first-order valence-corrected chi connectivity index (χ1v) is 9.97. The monoisotopic (exact) mass is 392 g/mol. The highest BCUT2D eigenvalue weighted by atomic mass is 16.6. The molecule has 0 aliphatic carbocycles. The Balaban J connectivity index is 2.80. The average molecular weight is 393 g/mol. The first-order chi connectivity index (χ1) is 13.2. The van der Waals surface area contributed by atoms with Crippen LogP contribution < -0.4 is 10.6 Å². The Morgan fingerprint density at radius 2 is 2.00 bits per heavy atom. The number of alkyl carbamates (subject to hydrolysis) is 1. The molecule has 1 fully saturated rings. The van der Waals surface area contributed by atoms with Crippen molar-refractivity contribution in [1.82, 2.24) is 10.6 Å². The molecule has 0 bridgehead atoms. The lowest BCUT2D eigenvalue weighted by Gasteiger charge is -2.31. The highest BCUT2D eigenvalue weighted by molar-refractivity contribution is 5.86. The van der Waals surface area contributed by atoms with E-state index in [1.54, 1.807) is 6.08 Å². The van der Waals surface area contributed by atoms with Crippen molar-refractivity contribution in [2.75, 3.05) is 13.7 Å². The topological polar surface area (TPSA) is 80.0 Å². The second kappa shape index (κ2) is 11.7. The summed E-state index contributed by atoms with van der Waals surface area (Å²) in [4.78, 5) is 24.5. The van der Waals surface area contributed by atoms with Crippen molar-refractivity contribution in [3.8, 4) is 0 Å². The summed E-state index contributed by atoms with van der Waals surface area (Å²) in [7, 11) is 1.28. The van der Waals surface area contributed by atoms with E-state index in [1.165, 1.54) is 20.0 Å². The number of allylic oxidation sites excluding steroid dienone is 4. The Kier molecular flexibility index (Phi) is 10.0. The second-order valence-corrected chi connectivity index (χ2v) is 8.14. The molecule has 3 atom stereocenters. The Bertz CT molecular complexity index is 586. The van der Waals surface area contributed by atoms with Crippen molar-refractivity contribution in [3.63, 3.8) is 0 Å². The van der Waals surface area contributed by atoms with Crippen LogP contribution >= 0.6 is 0 Å². The summed E-state index contributed by atoms with van der Waals surface area (Å²) in [6.45, 7) is 12.4. The predicted octanol–water partition coefficient (Wildman–Crippen LogP) is 3.89. The van der Waals surface area contributed by atoms with E-state index in [1.807, 2.05) is 32.9 Å². The van der Waals surface area contributed by atoms with Gasteiger partial charge in [-0.1, -0.05) is 71.4 Å². The third-order valence-electron chi connectivity index (χ3n) is 4.60. The van der Waals surface area contributed by atoms with Gasteiger partial charge >= 0.3 is 6.09 Å². The Labute approximate surface area is 169 Å². The van der Waals surface area contributed by atoms with Crippen molar-refractivity contribution in [1.29, 1.82) is 0 Å². The van der Waals surface area contributed by atoms with Gasteiger partial charge < -0.3 is 20.1 Å². The van der Waals surface area contributed by atoms with Gasteiger partial charge in [0.05, 0.1) is 19.8 Å². The van der Waals surface area contributed by atoms with Crippen molar-refractivity contribution in [2.24, 2.45) is 5.41 Å².